The first-order valence-electron chi connectivity index (χ1n) is 5.13. The zero-order valence-corrected chi connectivity index (χ0v) is 11.1. The first kappa shape index (κ1) is 11.4. The van der Waals surface area contributed by atoms with Gasteiger partial charge in [-0.2, -0.15) is 0 Å². The van der Waals surface area contributed by atoms with E-state index in [-0.39, 0.29) is 6.10 Å². The smallest absolute Gasteiger partial charge is 0.104 e. The van der Waals surface area contributed by atoms with E-state index in [1.54, 1.807) is 11.8 Å². The lowest BCUT2D eigenvalue weighted by atomic mass is 10.1. The molecule has 0 N–H and O–H groups in total. The van der Waals surface area contributed by atoms with Crippen molar-refractivity contribution in [1.82, 2.24) is 4.98 Å². The Hall–Kier alpha value is -0.110. The molecule has 1 aromatic rings. The molecule has 2 atom stereocenters. The van der Waals surface area contributed by atoms with Crippen LogP contribution >= 0.6 is 20.6 Å². The van der Waals surface area contributed by atoms with Gasteiger partial charge in [-0.25, -0.2) is 4.98 Å². The van der Waals surface area contributed by atoms with Crippen molar-refractivity contribution in [2.24, 2.45) is 0 Å². The maximum absolute atomic E-state index is 5.74. The number of aryl methyl sites for hydroxylation is 1. The fourth-order valence-corrected chi connectivity index (χ4v) is 3.06. The molecule has 0 bridgehead atoms. The van der Waals surface area contributed by atoms with Crippen LogP contribution in [0.15, 0.2) is 11.1 Å². The first-order valence-corrected chi connectivity index (χ1v) is 7.76. The Kier molecular flexibility index (Phi) is 3.65. The fourth-order valence-electron chi connectivity index (χ4n) is 2.06. The quantitative estimate of drug-likeness (QED) is 0.598. The second-order valence-corrected chi connectivity index (χ2v) is 5.17. The van der Waals surface area contributed by atoms with Crippen molar-refractivity contribution in [3.05, 3.63) is 22.9 Å². The minimum absolute atomic E-state index is 0.245. The minimum Gasteiger partial charge on any atom is -0.353 e. The molecule has 0 fully saturated rings. The molecular formula is C11H16NOPS. The molecule has 15 heavy (non-hydrogen) atoms. The monoisotopic (exact) mass is 241 g/mol. The number of hydrogen-bond donors (Lipinski definition) is 0. The zero-order valence-electron chi connectivity index (χ0n) is 9.33. The maximum atomic E-state index is 5.74. The number of rotatable bonds is 3. The van der Waals surface area contributed by atoms with Crippen LogP contribution in [0, 0.1) is 6.92 Å². The van der Waals surface area contributed by atoms with E-state index < -0.39 is 0 Å². The molecule has 0 saturated carbocycles. The summed E-state index contributed by atoms with van der Waals surface area (Å²) in [5.74, 6) is 0. The minimum atomic E-state index is 0.245. The molecule has 2 rings (SSSR count). The summed E-state index contributed by atoms with van der Waals surface area (Å²) in [6, 6.07) is 2.18. The van der Waals surface area contributed by atoms with Crippen molar-refractivity contribution in [1.29, 1.82) is 0 Å². The summed E-state index contributed by atoms with van der Waals surface area (Å²) >= 11 is 1.70. The molecule has 0 amide bonds. The van der Waals surface area contributed by atoms with Gasteiger partial charge in [0.2, 0.25) is 0 Å². The van der Waals surface area contributed by atoms with Gasteiger partial charge in [0, 0.05) is 8.81 Å². The highest BCUT2D eigenvalue weighted by molar-refractivity contribution is 7.98. The second kappa shape index (κ2) is 4.82. The van der Waals surface area contributed by atoms with E-state index in [4.69, 9.17) is 4.52 Å². The van der Waals surface area contributed by atoms with Crippen molar-refractivity contribution in [2.45, 2.75) is 30.9 Å². The topological polar surface area (TPSA) is 22.1 Å². The van der Waals surface area contributed by atoms with Crippen molar-refractivity contribution in [2.75, 3.05) is 12.9 Å². The standard InChI is InChI=1S/C11H16NOPS/c1-7-6-10(15-3)12-11-8(7)4-5-9(11)13-14-2/h6,9,14H,4-5H2,1-3H3. The van der Waals surface area contributed by atoms with Crippen LogP contribution in [0.1, 0.15) is 29.3 Å². The summed E-state index contributed by atoms with van der Waals surface area (Å²) in [5.41, 5.74) is 3.97. The van der Waals surface area contributed by atoms with Crippen LogP contribution in [0.25, 0.3) is 0 Å². The van der Waals surface area contributed by atoms with Crippen molar-refractivity contribution < 1.29 is 4.52 Å². The van der Waals surface area contributed by atoms with Gasteiger partial charge in [-0.3, -0.25) is 0 Å². The molecule has 0 spiro atoms. The Bertz CT molecular complexity index is 370. The zero-order chi connectivity index (χ0) is 10.8. The molecule has 82 valence electrons. The van der Waals surface area contributed by atoms with E-state index in [1.165, 1.54) is 16.8 Å². The molecule has 0 radical (unpaired) electrons. The first-order chi connectivity index (χ1) is 7.26. The summed E-state index contributed by atoms with van der Waals surface area (Å²) < 4.78 is 5.74. The van der Waals surface area contributed by atoms with Gasteiger partial charge in [-0.05, 0) is 49.9 Å². The molecule has 0 aliphatic heterocycles. The molecule has 0 aromatic carbocycles. The average Bonchev–Trinajstić information content (AvgIpc) is 2.63. The van der Waals surface area contributed by atoms with E-state index >= 15 is 0 Å². The highest BCUT2D eigenvalue weighted by Gasteiger charge is 2.26. The van der Waals surface area contributed by atoms with Gasteiger partial charge in [0.25, 0.3) is 0 Å². The Morgan fingerprint density at radius 3 is 3.07 bits per heavy atom. The number of thioether (sulfide) groups is 1. The van der Waals surface area contributed by atoms with Crippen molar-refractivity contribution in [3.63, 3.8) is 0 Å². The third kappa shape index (κ3) is 2.20. The Balaban J connectivity index is 2.37. The highest BCUT2D eigenvalue weighted by Crippen LogP contribution is 2.38. The Labute approximate surface area is 97.1 Å². The number of hydrogen-bond acceptors (Lipinski definition) is 3. The summed E-state index contributed by atoms with van der Waals surface area (Å²) in [7, 11) is 0.551. The predicted octanol–water partition coefficient (Wildman–Crippen LogP) is 3.34. The summed E-state index contributed by atoms with van der Waals surface area (Å²) in [4.78, 5) is 4.68. The lowest BCUT2D eigenvalue weighted by Crippen LogP contribution is -1.99. The molecule has 0 saturated heterocycles. The van der Waals surface area contributed by atoms with Gasteiger partial charge in [0.05, 0.1) is 10.7 Å². The lowest BCUT2D eigenvalue weighted by Gasteiger charge is -2.12. The molecule has 4 heteroatoms. The van der Waals surface area contributed by atoms with Crippen LogP contribution in [0.2, 0.25) is 0 Å². The van der Waals surface area contributed by atoms with Gasteiger partial charge in [-0.1, -0.05) is 0 Å². The van der Waals surface area contributed by atoms with Crippen LogP contribution in [-0.2, 0) is 10.9 Å². The number of nitrogens with zero attached hydrogens (tertiary/aromatic N) is 1. The average molecular weight is 241 g/mol. The molecular weight excluding hydrogens is 225 g/mol. The molecule has 2 nitrogen and oxygen atoms in total. The van der Waals surface area contributed by atoms with E-state index in [0.29, 0.717) is 8.81 Å². The third-order valence-electron chi connectivity index (χ3n) is 2.79. The van der Waals surface area contributed by atoms with E-state index in [2.05, 4.69) is 30.9 Å². The third-order valence-corrected chi connectivity index (χ3v) is 3.93. The SMILES string of the molecule is CPOC1CCc2c(C)cc(SC)nc21. The van der Waals surface area contributed by atoms with Crippen LogP contribution in [0.3, 0.4) is 0 Å². The molecule has 1 aliphatic carbocycles. The molecule has 1 aromatic heterocycles. The number of pyridine rings is 1. The van der Waals surface area contributed by atoms with E-state index in [0.717, 1.165) is 17.9 Å². The highest BCUT2D eigenvalue weighted by atomic mass is 32.2. The maximum Gasteiger partial charge on any atom is 0.104 e. The van der Waals surface area contributed by atoms with E-state index in [1.807, 2.05) is 0 Å². The van der Waals surface area contributed by atoms with Crippen molar-refractivity contribution in [3.8, 4) is 0 Å². The Morgan fingerprint density at radius 2 is 2.40 bits per heavy atom. The molecule has 1 heterocycles. The normalized spacial score (nSPS) is 20.1. The predicted molar refractivity (Wildman–Crippen MR) is 67.1 cm³/mol. The number of fused-ring (bicyclic) bond motifs is 1. The van der Waals surface area contributed by atoms with Crippen LogP contribution in [0.4, 0.5) is 0 Å². The fraction of sp³-hybridized carbons (Fsp3) is 0.545. The van der Waals surface area contributed by atoms with Crippen molar-refractivity contribution >= 4 is 20.6 Å². The summed E-state index contributed by atoms with van der Waals surface area (Å²) in [6.45, 7) is 4.25. The van der Waals surface area contributed by atoms with Gasteiger partial charge >= 0.3 is 0 Å². The summed E-state index contributed by atoms with van der Waals surface area (Å²) in [6.07, 6.45) is 4.54. The summed E-state index contributed by atoms with van der Waals surface area (Å²) in [5, 5.41) is 1.11. The largest absolute Gasteiger partial charge is 0.353 e. The van der Waals surface area contributed by atoms with Gasteiger partial charge in [0.1, 0.15) is 6.10 Å². The Morgan fingerprint density at radius 1 is 1.60 bits per heavy atom. The van der Waals surface area contributed by atoms with Crippen LogP contribution in [-0.4, -0.2) is 17.9 Å². The van der Waals surface area contributed by atoms with Gasteiger partial charge in [-0.15, -0.1) is 11.8 Å². The van der Waals surface area contributed by atoms with Crippen LogP contribution in [0.5, 0.6) is 0 Å². The second-order valence-electron chi connectivity index (χ2n) is 3.69. The van der Waals surface area contributed by atoms with Gasteiger partial charge < -0.3 is 4.52 Å². The number of aromatic nitrogens is 1. The van der Waals surface area contributed by atoms with E-state index in [9.17, 15) is 0 Å². The lowest BCUT2D eigenvalue weighted by molar-refractivity contribution is 0.236. The van der Waals surface area contributed by atoms with Gasteiger partial charge in [0.15, 0.2) is 0 Å². The molecule has 1 aliphatic rings. The van der Waals surface area contributed by atoms with Crippen LogP contribution < -0.4 is 0 Å². The molecule has 2 unspecified atom stereocenters.